The molecule has 2 heteroatoms. The molecule has 0 aliphatic carbocycles. The maximum absolute atomic E-state index is 3.50. The SMILES string of the molecule is CC(C)CCNCCN1CCCC1. The third-order valence-corrected chi connectivity index (χ3v) is 2.70. The van der Waals surface area contributed by atoms with Crippen molar-refractivity contribution in [3.05, 3.63) is 0 Å². The Morgan fingerprint density at radius 3 is 2.46 bits per heavy atom. The molecule has 2 nitrogen and oxygen atoms in total. The minimum absolute atomic E-state index is 0.833. The summed E-state index contributed by atoms with van der Waals surface area (Å²) >= 11 is 0. The fraction of sp³-hybridized carbons (Fsp3) is 1.00. The molecule has 1 fully saturated rings. The summed E-state index contributed by atoms with van der Waals surface area (Å²) in [4.78, 5) is 2.56. The topological polar surface area (TPSA) is 15.3 Å². The Balaban J connectivity index is 1.83. The fourth-order valence-corrected chi connectivity index (χ4v) is 1.76. The van der Waals surface area contributed by atoms with Crippen LogP contribution in [0.3, 0.4) is 0 Å². The van der Waals surface area contributed by atoms with Crippen LogP contribution in [0.15, 0.2) is 0 Å². The van der Waals surface area contributed by atoms with E-state index in [2.05, 4.69) is 24.1 Å². The monoisotopic (exact) mass is 184 g/mol. The highest BCUT2D eigenvalue weighted by Gasteiger charge is 2.09. The normalized spacial score (nSPS) is 18.7. The molecule has 1 aliphatic rings. The number of rotatable bonds is 6. The van der Waals surface area contributed by atoms with Gasteiger partial charge in [-0.3, -0.25) is 0 Å². The van der Waals surface area contributed by atoms with Gasteiger partial charge in [-0.25, -0.2) is 0 Å². The molecule has 0 aromatic carbocycles. The van der Waals surface area contributed by atoms with Crippen LogP contribution >= 0.6 is 0 Å². The van der Waals surface area contributed by atoms with E-state index in [1.54, 1.807) is 0 Å². The summed E-state index contributed by atoms with van der Waals surface area (Å²) in [6, 6.07) is 0. The van der Waals surface area contributed by atoms with Crippen molar-refractivity contribution in [1.82, 2.24) is 10.2 Å². The largest absolute Gasteiger partial charge is 0.315 e. The van der Waals surface area contributed by atoms with E-state index in [0.29, 0.717) is 0 Å². The predicted molar refractivity (Wildman–Crippen MR) is 58.0 cm³/mol. The second-order valence-electron chi connectivity index (χ2n) is 4.48. The molecule has 0 radical (unpaired) electrons. The van der Waals surface area contributed by atoms with Crippen molar-refractivity contribution in [2.24, 2.45) is 5.92 Å². The number of nitrogens with one attached hydrogen (secondary N) is 1. The lowest BCUT2D eigenvalue weighted by molar-refractivity contribution is 0.334. The van der Waals surface area contributed by atoms with Crippen molar-refractivity contribution in [3.8, 4) is 0 Å². The van der Waals surface area contributed by atoms with E-state index in [0.717, 1.165) is 5.92 Å². The molecule has 0 spiro atoms. The molecule has 78 valence electrons. The van der Waals surface area contributed by atoms with Gasteiger partial charge >= 0.3 is 0 Å². The Morgan fingerprint density at radius 1 is 1.15 bits per heavy atom. The molecule has 0 aromatic heterocycles. The summed E-state index contributed by atoms with van der Waals surface area (Å²) in [5, 5.41) is 3.50. The molecule has 0 bridgehead atoms. The zero-order valence-corrected chi connectivity index (χ0v) is 9.18. The zero-order chi connectivity index (χ0) is 9.52. The Hall–Kier alpha value is -0.0800. The van der Waals surface area contributed by atoms with Gasteiger partial charge in [-0.15, -0.1) is 0 Å². The average molecular weight is 184 g/mol. The molecular formula is C11H24N2. The first-order chi connectivity index (χ1) is 6.29. The maximum atomic E-state index is 3.50. The Kier molecular flexibility index (Phi) is 5.40. The molecule has 0 aromatic rings. The van der Waals surface area contributed by atoms with E-state index in [4.69, 9.17) is 0 Å². The van der Waals surface area contributed by atoms with Gasteiger partial charge < -0.3 is 10.2 Å². The van der Waals surface area contributed by atoms with Crippen molar-refractivity contribution < 1.29 is 0 Å². The number of likely N-dealkylation sites (tertiary alicyclic amines) is 1. The third kappa shape index (κ3) is 5.27. The van der Waals surface area contributed by atoms with Crippen molar-refractivity contribution in [1.29, 1.82) is 0 Å². The number of hydrogen-bond donors (Lipinski definition) is 1. The highest BCUT2D eigenvalue weighted by atomic mass is 15.1. The van der Waals surface area contributed by atoms with Gasteiger partial charge in [0.05, 0.1) is 0 Å². The first-order valence-electron chi connectivity index (χ1n) is 5.72. The summed E-state index contributed by atoms with van der Waals surface area (Å²) in [7, 11) is 0. The first kappa shape index (κ1) is 11.0. The van der Waals surface area contributed by atoms with Gasteiger partial charge in [0.1, 0.15) is 0 Å². The smallest absolute Gasteiger partial charge is 0.0107 e. The van der Waals surface area contributed by atoms with Gasteiger partial charge in [0.2, 0.25) is 0 Å². The second-order valence-corrected chi connectivity index (χ2v) is 4.48. The Bertz CT molecular complexity index is 117. The van der Waals surface area contributed by atoms with Crippen LogP contribution in [-0.4, -0.2) is 37.6 Å². The maximum Gasteiger partial charge on any atom is 0.0107 e. The zero-order valence-electron chi connectivity index (χ0n) is 9.18. The molecule has 1 heterocycles. The Labute approximate surface area is 82.7 Å². The van der Waals surface area contributed by atoms with E-state index < -0.39 is 0 Å². The molecule has 0 saturated carbocycles. The fourth-order valence-electron chi connectivity index (χ4n) is 1.76. The predicted octanol–water partition coefficient (Wildman–Crippen LogP) is 1.72. The lowest BCUT2D eigenvalue weighted by Crippen LogP contribution is -2.30. The molecule has 1 saturated heterocycles. The van der Waals surface area contributed by atoms with Crippen LogP contribution < -0.4 is 5.32 Å². The van der Waals surface area contributed by atoms with Gasteiger partial charge in [0.25, 0.3) is 0 Å². The van der Waals surface area contributed by atoms with Crippen LogP contribution in [0.5, 0.6) is 0 Å². The van der Waals surface area contributed by atoms with Gasteiger partial charge in [-0.1, -0.05) is 13.8 Å². The van der Waals surface area contributed by atoms with Gasteiger partial charge in [0.15, 0.2) is 0 Å². The molecule has 0 amide bonds. The highest BCUT2D eigenvalue weighted by molar-refractivity contribution is 4.66. The molecule has 1 N–H and O–H groups in total. The minimum atomic E-state index is 0.833. The van der Waals surface area contributed by atoms with Crippen LogP contribution in [-0.2, 0) is 0 Å². The highest BCUT2D eigenvalue weighted by Crippen LogP contribution is 2.05. The van der Waals surface area contributed by atoms with Gasteiger partial charge in [0, 0.05) is 13.1 Å². The van der Waals surface area contributed by atoms with E-state index in [1.807, 2.05) is 0 Å². The van der Waals surface area contributed by atoms with Gasteiger partial charge in [-0.05, 0) is 44.8 Å². The molecule has 1 rings (SSSR count). The van der Waals surface area contributed by atoms with E-state index in [1.165, 1.54) is 52.0 Å². The summed E-state index contributed by atoms with van der Waals surface area (Å²) in [6.07, 6.45) is 4.12. The average Bonchev–Trinajstić information content (AvgIpc) is 2.55. The van der Waals surface area contributed by atoms with Crippen LogP contribution in [0.2, 0.25) is 0 Å². The van der Waals surface area contributed by atoms with E-state index in [9.17, 15) is 0 Å². The van der Waals surface area contributed by atoms with Crippen LogP contribution in [0.25, 0.3) is 0 Å². The molecule has 0 unspecified atom stereocenters. The number of nitrogens with zero attached hydrogens (tertiary/aromatic N) is 1. The van der Waals surface area contributed by atoms with Crippen molar-refractivity contribution in [2.45, 2.75) is 33.1 Å². The summed E-state index contributed by atoms with van der Waals surface area (Å²) in [5.74, 6) is 0.833. The van der Waals surface area contributed by atoms with Crippen LogP contribution in [0, 0.1) is 5.92 Å². The lowest BCUT2D eigenvalue weighted by atomic mass is 10.1. The van der Waals surface area contributed by atoms with Crippen molar-refractivity contribution >= 4 is 0 Å². The van der Waals surface area contributed by atoms with E-state index >= 15 is 0 Å². The summed E-state index contributed by atoms with van der Waals surface area (Å²) in [6.45, 7) is 10.8. The second kappa shape index (κ2) is 6.39. The Morgan fingerprint density at radius 2 is 1.85 bits per heavy atom. The third-order valence-electron chi connectivity index (χ3n) is 2.70. The van der Waals surface area contributed by atoms with Crippen molar-refractivity contribution in [2.75, 3.05) is 32.7 Å². The van der Waals surface area contributed by atoms with Crippen LogP contribution in [0.4, 0.5) is 0 Å². The van der Waals surface area contributed by atoms with Gasteiger partial charge in [-0.2, -0.15) is 0 Å². The molecule has 13 heavy (non-hydrogen) atoms. The van der Waals surface area contributed by atoms with E-state index in [-0.39, 0.29) is 0 Å². The minimum Gasteiger partial charge on any atom is -0.315 e. The van der Waals surface area contributed by atoms with Crippen LogP contribution in [0.1, 0.15) is 33.1 Å². The number of hydrogen-bond acceptors (Lipinski definition) is 2. The lowest BCUT2D eigenvalue weighted by Gasteiger charge is -2.14. The van der Waals surface area contributed by atoms with Crippen molar-refractivity contribution in [3.63, 3.8) is 0 Å². The molecular weight excluding hydrogens is 160 g/mol. The molecule has 0 atom stereocenters. The summed E-state index contributed by atoms with van der Waals surface area (Å²) in [5.41, 5.74) is 0. The summed E-state index contributed by atoms with van der Waals surface area (Å²) < 4.78 is 0. The standard InChI is InChI=1S/C11H24N2/c1-11(2)5-6-12-7-10-13-8-3-4-9-13/h11-12H,3-10H2,1-2H3. The quantitative estimate of drug-likeness (QED) is 0.632. The first-order valence-corrected chi connectivity index (χ1v) is 5.72. The molecule has 1 aliphatic heterocycles.